The Morgan fingerprint density at radius 1 is 1.29 bits per heavy atom. The quantitative estimate of drug-likeness (QED) is 0.834. The van der Waals surface area contributed by atoms with E-state index in [1.807, 2.05) is 12.3 Å². The van der Waals surface area contributed by atoms with Crippen LogP contribution in [0.5, 0.6) is 0 Å². The standard InChI is InChI=1S/C13H18N4/c1-13(2,3)12-16-10-9(6-7-14-10)11(17-12)15-8-4-5-8/h6-8H,4-5H2,1-3H3,(H2,14,15,16,17). The van der Waals surface area contributed by atoms with E-state index in [0.29, 0.717) is 6.04 Å². The Balaban J connectivity index is 2.12. The van der Waals surface area contributed by atoms with Crippen LogP contribution in [0.25, 0.3) is 11.0 Å². The molecule has 90 valence electrons. The summed E-state index contributed by atoms with van der Waals surface area (Å²) in [6.45, 7) is 6.41. The van der Waals surface area contributed by atoms with Gasteiger partial charge in [0.25, 0.3) is 0 Å². The molecule has 0 saturated heterocycles. The van der Waals surface area contributed by atoms with Gasteiger partial charge < -0.3 is 10.3 Å². The van der Waals surface area contributed by atoms with E-state index in [-0.39, 0.29) is 5.41 Å². The highest BCUT2D eigenvalue weighted by atomic mass is 15.1. The van der Waals surface area contributed by atoms with Gasteiger partial charge in [0.2, 0.25) is 0 Å². The minimum atomic E-state index is -0.0285. The lowest BCUT2D eigenvalue weighted by Gasteiger charge is -2.18. The molecule has 0 aromatic carbocycles. The SMILES string of the molecule is CC(C)(C)c1nc(NC2CC2)c2cc[nH]c2n1. The molecule has 0 bridgehead atoms. The third kappa shape index (κ3) is 1.99. The molecule has 2 N–H and O–H groups in total. The molecular weight excluding hydrogens is 212 g/mol. The first-order chi connectivity index (χ1) is 8.04. The number of aromatic nitrogens is 3. The molecule has 17 heavy (non-hydrogen) atoms. The average Bonchev–Trinajstić information content (AvgIpc) is 2.92. The second-order valence-electron chi connectivity index (χ2n) is 5.80. The molecule has 0 atom stereocenters. The van der Waals surface area contributed by atoms with E-state index in [1.165, 1.54) is 12.8 Å². The van der Waals surface area contributed by atoms with Gasteiger partial charge in [-0.1, -0.05) is 20.8 Å². The van der Waals surface area contributed by atoms with Gasteiger partial charge in [-0.15, -0.1) is 0 Å². The van der Waals surface area contributed by atoms with Gasteiger partial charge in [0, 0.05) is 17.7 Å². The fourth-order valence-electron chi connectivity index (χ4n) is 1.81. The molecule has 1 fully saturated rings. The van der Waals surface area contributed by atoms with Crippen LogP contribution in [0.3, 0.4) is 0 Å². The van der Waals surface area contributed by atoms with E-state index in [2.05, 4.69) is 41.0 Å². The van der Waals surface area contributed by atoms with E-state index in [1.54, 1.807) is 0 Å². The molecule has 0 radical (unpaired) electrons. The van der Waals surface area contributed by atoms with E-state index < -0.39 is 0 Å². The minimum absolute atomic E-state index is 0.0285. The number of fused-ring (bicyclic) bond motifs is 1. The van der Waals surface area contributed by atoms with Gasteiger partial charge in [-0.2, -0.15) is 0 Å². The van der Waals surface area contributed by atoms with Crippen molar-refractivity contribution in [1.29, 1.82) is 0 Å². The van der Waals surface area contributed by atoms with Gasteiger partial charge >= 0.3 is 0 Å². The number of anilines is 1. The Morgan fingerprint density at radius 2 is 2.06 bits per heavy atom. The number of hydrogen-bond donors (Lipinski definition) is 2. The van der Waals surface area contributed by atoms with Crippen molar-refractivity contribution in [1.82, 2.24) is 15.0 Å². The van der Waals surface area contributed by atoms with E-state index in [0.717, 1.165) is 22.7 Å². The van der Waals surface area contributed by atoms with Crippen molar-refractivity contribution in [3.05, 3.63) is 18.1 Å². The zero-order valence-corrected chi connectivity index (χ0v) is 10.5. The van der Waals surface area contributed by atoms with Crippen molar-refractivity contribution in [3.8, 4) is 0 Å². The highest BCUT2D eigenvalue weighted by Gasteiger charge is 2.25. The normalized spacial score (nSPS) is 16.4. The molecule has 0 aliphatic heterocycles. The maximum Gasteiger partial charge on any atom is 0.143 e. The summed E-state index contributed by atoms with van der Waals surface area (Å²) in [6, 6.07) is 2.64. The van der Waals surface area contributed by atoms with Gasteiger partial charge in [-0.05, 0) is 18.9 Å². The minimum Gasteiger partial charge on any atom is -0.367 e. The first kappa shape index (κ1) is 10.6. The maximum absolute atomic E-state index is 4.68. The van der Waals surface area contributed by atoms with Crippen LogP contribution < -0.4 is 5.32 Å². The Hall–Kier alpha value is -1.58. The van der Waals surface area contributed by atoms with E-state index >= 15 is 0 Å². The lowest BCUT2D eigenvalue weighted by atomic mass is 9.95. The predicted octanol–water partition coefficient (Wildman–Crippen LogP) is 2.83. The van der Waals surface area contributed by atoms with Crippen molar-refractivity contribution >= 4 is 16.9 Å². The predicted molar refractivity (Wildman–Crippen MR) is 69.2 cm³/mol. The van der Waals surface area contributed by atoms with Crippen LogP contribution in [-0.2, 0) is 5.41 Å². The van der Waals surface area contributed by atoms with Crippen LogP contribution in [0.1, 0.15) is 39.4 Å². The van der Waals surface area contributed by atoms with Crippen LogP contribution in [0, 0.1) is 0 Å². The zero-order chi connectivity index (χ0) is 12.0. The van der Waals surface area contributed by atoms with E-state index in [9.17, 15) is 0 Å². The number of aromatic amines is 1. The third-order valence-electron chi connectivity index (χ3n) is 3.00. The number of nitrogens with one attached hydrogen (secondary N) is 2. The highest BCUT2D eigenvalue weighted by molar-refractivity contribution is 5.87. The van der Waals surface area contributed by atoms with E-state index in [4.69, 9.17) is 0 Å². The molecular formula is C13H18N4. The first-order valence-electron chi connectivity index (χ1n) is 6.16. The van der Waals surface area contributed by atoms with Crippen molar-refractivity contribution in [2.75, 3.05) is 5.32 Å². The molecule has 2 heterocycles. The van der Waals surface area contributed by atoms with Crippen LogP contribution in [0.4, 0.5) is 5.82 Å². The maximum atomic E-state index is 4.68. The zero-order valence-electron chi connectivity index (χ0n) is 10.5. The Kier molecular flexibility index (Phi) is 2.15. The summed E-state index contributed by atoms with van der Waals surface area (Å²) < 4.78 is 0. The summed E-state index contributed by atoms with van der Waals surface area (Å²) in [7, 11) is 0. The Bertz CT molecular complexity index is 546. The van der Waals surface area contributed by atoms with Crippen molar-refractivity contribution in [2.45, 2.75) is 45.1 Å². The highest BCUT2D eigenvalue weighted by Crippen LogP contribution is 2.29. The molecule has 1 aliphatic rings. The molecule has 1 saturated carbocycles. The smallest absolute Gasteiger partial charge is 0.143 e. The van der Waals surface area contributed by atoms with Gasteiger partial charge in [-0.3, -0.25) is 0 Å². The summed E-state index contributed by atoms with van der Waals surface area (Å²) in [6.07, 6.45) is 4.42. The molecule has 0 unspecified atom stereocenters. The van der Waals surface area contributed by atoms with Crippen LogP contribution in [0.2, 0.25) is 0 Å². The lowest BCUT2D eigenvalue weighted by molar-refractivity contribution is 0.548. The Labute approximate surface area is 101 Å². The van der Waals surface area contributed by atoms with Gasteiger partial charge in [0.05, 0.1) is 5.39 Å². The summed E-state index contributed by atoms with van der Waals surface area (Å²) in [5, 5.41) is 4.57. The summed E-state index contributed by atoms with van der Waals surface area (Å²) in [5.41, 5.74) is 0.896. The number of hydrogen-bond acceptors (Lipinski definition) is 3. The summed E-state index contributed by atoms with van der Waals surface area (Å²) in [4.78, 5) is 12.4. The van der Waals surface area contributed by atoms with Crippen molar-refractivity contribution in [3.63, 3.8) is 0 Å². The monoisotopic (exact) mass is 230 g/mol. The second-order valence-corrected chi connectivity index (χ2v) is 5.80. The second kappa shape index (κ2) is 3.45. The van der Waals surface area contributed by atoms with Gasteiger partial charge in [-0.25, -0.2) is 9.97 Å². The molecule has 2 aromatic rings. The molecule has 4 nitrogen and oxygen atoms in total. The molecule has 0 amide bonds. The van der Waals surface area contributed by atoms with Crippen LogP contribution in [0.15, 0.2) is 12.3 Å². The van der Waals surface area contributed by atoms with Crippen LogP contribution in [-0.4, -0.2) is 21.0 Å². The third-order valence-corrected chi connectivity index (χ3v) is 3.00. The van der Waals surface area contributed by atoms with Crippen molar-refractivity contribution in [2.24, 2.45) is 0 Å². The topological polar surface area (TPSA) is 53.6 Å². The largest absolute Gasteiger partial charge is 0.367 e. The fourth-order valence-corrected chi connectivity index (χ4v) is 1.81. The number of H-pyrrole nitrogens is 1. The molecule has 1 aliphatic carbocycles. The van der Waals surface area contributed by atoms with Gasteiger partial charge in [0.15, 0.2) is 0 Å². The lowest BCUT2D eigenvalue weighted by Crippen LogP contribution is -2.17. The first-order valence-corrected chi connectivity index (χ1v) is 6.16. The Morgan fingerprint density at radius 3 is 2.71 bits per heavy atom. The van der Waals surface area contributed by atoms with Gasteiger partial charge in [0.1, 0.15) is 17.3 Å². The number of nitrogens with zero attached hydrogens (tertiary/aromatic N) is 2. The summed E-state index contributed by atoms with van der Waals surface area (Å²) >= 11 is 0. The average molecular weight is 230 g/mol. The van der Waals surface area contributed by atoms with Crippen molar-refractivity contribution < 1.29 is 0 Å². The molecule has 4 heteroatoms. The molecule has 0 spiro atoms. The molecule has 3 rings (SSSR count). The number of rotatable bonds is 2. The fraction of sp³-hybridized carbons (Fsp3) is 0.538. The van der Waals surface area contributed by atoms with Crippen LogP contribution >= 0.6 is 0 Å². The molecule has 2 aromatic heterocycles. The summed E-state index contributed by atoms with van der Waals surface area (Å²) in [5.74, 6) is 1.86.